The SMILES string of the molecule is COc1ccc([C@H](C)Nc2ncnc3nc[nH]c23)cc1F. The largest absolute Gasteiger partial charge is 0.494 e. The number of methoxy groups -OCH3 is 1. The van der Waals surface area contributed by atoms with Crippen LogP contribution in [0.4, 0.5) is 10.2 Å². The van der Waals surface area contributed by atoms with E-state index in [4.69, 9.17) is 4.74 Å². The molecule has 0 amide bonds. The number of hydrogen-bond donors (Lipinski definition) is 2. The van der Waals surface area contributed by atoms with Gasteiger partial charge >= 0.3 is 0 Å². The molecule has 0 bridgehead atoms. The van der Waals surface area contributed by atoms with Crippen molar-refractivity contribution in [2.24, 2.45) is 0 Å². The molecule has 0 spiro atoms. The first kappa shape index (κ1) is 13.3. The maximum atomic E-state index is 13.8. The number of hydrogen-bond acceptors (Lipinski definition) is 5. The summed E-state index contributed by atoms with van der Waals surface area (Å²) in [7, 11) is 1.44. The van der Waals surface area contributed by atoms with Crippen molar-refractivity contribution in [3.63, 3.8) is 0 Å². The van der Waals surface area contributed by atoms with Crippen molar-refractivity contribution in [1.82, 2.24) is 19.9 Å². The Hall–Kier alpha value is -2.70. The van der Waals surface area contributed by atoms with E-state index in [1.54, 1.807) is 12.4 Å². The molecule has 0 radical (unpaired) electrons. The van der Waals surface area contributed by atoms with Gasteiger partial charge in [-0.25, -0.2) is 19.3 Å². The molecule has 0 saturated carbocycles. The molecule has 108 valence electrons. The molecule has 1 aromatic carbocycles. The van der Waals surface area contributed by atoms with Crippen LogP contribution in [0, 0.1) is 5.82 Å². The summed E-state index contributed by atoms with van der Waals surface area (Å²) in [6, 6.07) is 4.73. The molecule has 0 aliphatic rings. The lowest BCUT2D eigenvalue weighted by Gasteiger charge is -2.15. The molecule has 6 nitrogen and oxygen atoms in total. The predicted octanol–water partition coefficient (Wildman–Crippen LogP) is 2.67. The van der Waals surface area contributed by atoms with E-state index in [1.807, 2.05) is 13.0 Å². The van der Waals surface area contributed by atoms with E-state index in [0.29, 0.717) is 11.5 Å². The molecule has 7 heteroatoms. The fourth-order valence-electron chi connectivity index (χ4n) is 2.11. The standard InChI is InChI=1S/C14H14FN5O/c1-8(9-3-4-11(21-2)10(15)5-9)20-14-12-13(17-6-16-12)18-7-19-14/h3-8H,1-2H3,(H2,16,17,18,19,20)/t8-/m0/s1. The molecule has 2 heterocycles. The number of anilines is 1. The van der Waals surface area contributed by atoms with Gasteiger partial charge in [0.25, 0.3) is 0 Å². The van der Waals surface area contributed by atoms with Gasteiger partial charge in [0.2, 0.25) is 0 Å². The number of aromatic nitrogens is 4. The van der Waals surface area contributed by atoms with Gasteiger partial charge in [-0.1, -0.05) is 6.07 Å². The second-order valence-electron chi connectivity index (χ2n) is 4.58. The molecule has 3 rings (SSSR count). The summed E-state index contributed by atoms with van der Waals surface area (Å²) in [5.74, 6) is 0.461. The van der Waals surface area contributed by atoms with Crippen LogP contribution in [0.5, 0.6) is 5.75 Å². The van der Waals surface area contributed by atoms with Crippen LogP contribution in [-0.2, 0) is 0 Å². The van der Waals surface area contributed by atoms with E-state index in [0.717, 1.165) is 11.1 Å². The zero-order valence-electron chi connectivity index (χ0n) is 11.6. The maximum absolute atomic E-state index is 13.8. The second-order valence-corrected chi connectivity index (χ2v) is 4.58. The topological polar surface area (TPSA) is 75.7 Å². The monoisotopic (exact) mass is 287 g/mol. The van der Waals surface area contributed by atoms with Gasteiger partial charge in [-0.05, 0) is 24.6 Å². The molecule has 2 N–H and O–H groups in total. The zero-order valence-corrected chi connectivity index (χ0v) is 11.6. The van der Waals surface area contributed by atoms with Crippen molar-refractivity contribution in [3.05, 3.63) is 42.2 Å². The molecule has 0 unspecified atom stereocenters. The predicted molar refractivity (Wildman–Crippen MR) is 76.7 cm³/mol. The molecular weight excluding hydrogens is 273 g/mol. The number of benzene rings is 1. The quantitative estimate of drug-likeness (QED) is 0.771. The molecule has 2 aromatic heterocycles. The second kappa shape index (κ2) is 5.35. The summed E-state index contributed by atoms with van der Waals surface area (Å²) >= 11 is 0. The molecule has 3 aromatic rings. The molecule has 1 atom stereocenters. The summed E-state index contributed by atoms with van der Waals surface area (Å²) in [5.41, 5.74) is 2.10. The van der Waals surface area contributed by atoms with Crippen LogP contribution in [0.3, 0.4) is 0 Å². The van der Waals surface area contributed by atoms with Gasteiger partial charge in [-0.3, -0.25) is 0 Å². The van der Waals surface area contributed by atoms with Crippen LogP contribution >= 0.6 is 0 Å². The van der Waals surface area contributed by atoms with Crippen molar-refractivity contribution < 1.29 is 9.13 Å². The van der Waals surface area contributed by atoms with Gasteiger partial charge in [-0.2, -0.15) is 0 Å². The molecule has 0 saturated heterocycles. The smallest absolute Gasteiger partial charge is 0.182 e. The highest BCUT2D eigenvalue weighted by Crippen LogP contribution is 2.25. The van der Waals surface area contributed by atoms with Gasteiger partial charge in [0.05, 0.1) is 19.5 Å². The molecule has 21 heavy (non-hydrogen) atoms. The minimum Gasteiger partial charge on any atom is -0.494 e. The van der Waals surface area contributed by atoms with Crippen molar-refractivity contribution in [2.45, 2.75) is 13.0 Å². The van der Waals surface area contributed by atoms with Crippen molar-refractivity contribution in [1.29, 1.82) is 0 Å². The Morgan fingerprint density at radius 3 is 2.90 bits per heavy atom. The number of fused-ring (bicyclic) bond motifs is 1. The first-order chi connectivity index (χ1) is 10.2. The zero-order chi connectivity index (χ0) is 14.8. The minimum atomic E-state index is -0.391. The lowest BCUT2D eigenvalue weighted by molar-refractivity contribution is 0.386. The molecule has 0 fully saturated rings. The van der Waals surface area contributed by atoms with Crippen LogP contribution in [0.15, 0.2) is 30.9 Å². The maximum Gasteiger partial charge on any atom is 0.182 e. The fraction of sp³-hybridized carbons (Fsp3) is 0.214. The number of aromatic amines is 1. The number of nitrogens with zero attached hydrogens (tertiary/aromatic N) is 3. The van der Waals surface area contributed by atoms with Gasteiger partial charge in [0, 0.05) is 0 Å². The van der Waals surface area contributed by atoms with Crippen molar-refractivity contribution in [3.8, 4) is 5.75 Å². The van der Waals surface area contributed by atoms with E-state index < -0.39 is 5.82 Å². The lowest BCUT2D eigenvalue weighted by Crippen LogP contribution is -2.09. The number of nitrogens with one attached hydrogen (secondary N) is 2. The van der Waals surface area contributed by atoms with E-state index in [2.05, 4.69) is 25.3 Å². The molecule has 0 aliphatic heterocycles. The van der Waals surface area contributed by atoms with Crippen molar-refractivity contribution >= 4 is 17.0 Å². The van der Waals surface area contributed by atoms with Gasteiger partial charge in [0.15, 0.2) is 23.0 Å². The Morgan fingerprint density at radius 2 is 2.14 bits per heavy atom. The number of rotatable bonds is 4. The number of ether oxygens (including phenoxy) is 1. The van der Waals surface area contributed by atoms with E-state index in [-0.39, 0.29) is 11.8 Å². The Balaban J connectivity index is 1.87. The number of imidazole rings is 1. The Labute approximate surface area is 120 Å². The summed E-state index contributed by atoms with van der Waals surface area (Å²) < 4.78 is 18.7. The summed E-state index contributed by atoms with van der Waals surface area (Å²) in [5, 5.41) is 3.22. The van der Waals surface area contributed by atoms with Gasteiger partial charge < -0.3 is 15.0 Å². The molecule has 0 aliphatic carbocycles. The Bertz CT molecular complexity index is 773. The summed E-state index contributed by atoms with van der Waals surface area (Å²) in [6.07, 6.45) is 3.00. The minimum absolute atomic E-state index is 0.133. The third kappa shape index (κ3) is 2.49. The first-order valence-electron chi connectivity index (χ1n) is 6.43. The Morgan fingerprint density at radius 1 is 1.29 bits per heavy atom. The van der Waals surface area contributed by atoms with Crippen LogP contribution in [0.25, 0.3) is 11.2 Å². The van der Waals surface area contributed by atoms with Crippen LogP contribution in [0.2, 0.25) is 0 Å². The van der Waals surface area contributed by atoms with Crippen LogP contribution < -0.4 is 10.1 Å². The highest BCUT2D eigenvalue weighted by molar-refractivity contribution is 5.82. The third-order valence-corrected chi connectivity index (χ3v) is 3.25. The van der Waals surface area contributed by atoms with Crippen LogP contribution in [-0.4, -0.2) is 27.0 Å². The normalized spacial score (nSPS) is 12.3. The van der Waals surface area contributed by atoms with Gasteiger partial charge in [-0.15, -0.1) is 0 Å². The van der Waals surface area contributed by atoms with Crippen LogP contribution in [0.1, 0.15) is 18.5 Å². The lowest BCUT2D eigenvalue weighted by atomic mass is 10.1. The van der Waals surface area contributed by atoms with E-state index in [9.17, 15) is 4.39 Å². The highest BCUT2D eigenvalue weighted by Gasteiger charge is 2.12. The van der Waals surface area contributed by atoms with Gasteiger partial charge in [0.1, 0.15) is 11.8 Å². The first-order valence-corrected chi connectivity index (χ1v) is 6.43. The highest BCUT2D eigenvalue weighted by atomic mass is 19.1. The molecular formula is C14H14FN5O. The van der Waals surface area contributed by atoms with Crippen molar-refractivity contribution in [2.75, 3.05) is 12.4 Å². The summed E-state index contributed by atoms with van der Waals surface area (Å²) in [4.78, 5) is 15.3. The Kier molecular flexibility index (Phi) is 3.39. The number of H-pyrrole nitrogens is 1. The average Bonchev–Trinajstić information content (AvgIpc) is 2.96. The van der Waals surface area contributed by atoms with E-state index >= 15 is 0 Å². The fourth-order valence-corrected chi connectivity index (χ4v) is 2.11. The summed E-state index contributed by atoms with van der Waals surface area (Å²) in [6.45, 7) is 1.92. The number of halogens is 1. The third-order valence-electron chi connectivity index (χ3n) is 3.25. The van der Waals surface area contributed by atoms with E-state index in [1.165, 1.54) is 19.5 Å². The average molecular weight is 287 g/mol.